The van der Waals surface area contributed by atoms with Crippen LogP contribution in [0.3, 0.4) is 0 Å². The van der Waals surface area contributed by atoms with E-state index in [1.54, 1.807) is 0 Å². The van der Waals surface area contributed by atoms with Crippen molar-refractivity contribution in [3.63, 3.8) is 0 Å². The highest BCUT2D eigenvalue weighted by atomic mass is 16.5. The topological polar surface area (TPSA) is 12.5 Å². The fourth-order valence-corrected chi connectivity index (χ4v) is 1.34. The normalized spacial score (nSPS) is 25.3. The molecule has 1 heterocycles. The van der Waals surface area contributed by atoms with Crippen molar-refractivity contribution in [3.05, 3.63) is 0 Å². The van der Waals surface area contributed by atoms with Gasteiger partial charge in [-0.1, -0.05) is 20.3 Å². The molecule has 0 bridgehead atoms. The van der Waals surface area contributed by atoms with Crippen LogP contribution in [0.4, 0.5) is 0 Å². The molecular weight excluding hydrogens is 138 g/mol. The molecule has 0 amide bonds. The third-order valence-corrected chi connectivity index (χ3v) is 2.10. The number of rotatable bonds is 1. The van der Waals surface area contributed by atoms with Crippen LogP contribution in [0.5, 0.6) is 0 Å². The SMILES string of the molecule is C#CN1CCOCC1C(C)C. The van der Waals surface area contributed by atoms with Gasteiger partial charge >= 0.3 is 0 Å². The summed E-state index contributed by atoms with van der Waals surface area (Å²) in [4.78, 5) is 2.04. The van der Waals surface area contributed by atoms with Crippen LogP contribution in [0.2, 0.25) is 0 Å². The quantitative estimate of drug-likeness (QED) is 0.520. The second-order valence-electron chi connectivity index (χ2n) is 3.21. The molecule has 62 valence electrons. The summed E-state index contributed by atoms with van der Waals surface area (Å²) in [7, 11) is 0. The summed E-state index contributed by atoms with van der Waals surface area (Å²) in [5.41, 5.74) is 0. The van der Waals surface area contributed by atoms with Crippen LogP contribution >= 0.6 is 0 Å². The lowest BCUT2D eigenvalue weighted by atomic mass is 10.0. The molecule has 1 unspecified atom stereocenters. The minimum absolute atomic E-state index is 0.411. The van der Waals surface area contributed by atoms with E-state index in [1.807, 2.05) is 4.90 Å². The Bertz CT molecular complexity index is 159. The van der Waals surface area contributed by atoms with E-state index in [-0.39, 0.29) is 0 Å². The van der Waals surface area contributed by atoms with Crippen molar-refractivity contribution in [3.8, 4) is 12.5 Å². The zero-order chi connectivity index (χ0) is 8.27. The highest BCUT2D eigenvalue weighted by Gasteiger charge is 2.23. The highest BCUT2D eigenvalue weighted by Crippen LogP contribution is 2.13. The Morgan fingerprint density at radius 1 is 1.64 bits per heavy atom. The molecule has 1 aliphatic rings. The molecule has 2 nitrogen and oxygen atoms in total. The second-order valence-corrected chi connectivity index (χ2v) is 3.21. The molecule has 11 heavy (non-hydrogen) atoms. The molecule has 2 heteroatoms. The molecule has 0 spiro atoms. The molecule has 1 fully saturated rings. The molecule has 0 aromatic heterocycles. The smallest absolute Gasteiger partial charge is 0.0680 e. The van der Waals surface area contributed by atoms with Crippen LogP contribution in [-0.4, -0.2) is 30.7 Å². The minimum Gasteiger partial charge on any atom is -0.377 e. The summed E-state index contributed by atoms with van der Waals surface area (Å²) in [5, 5.41) is 0. The van der Waals surface area contributed by atoms with Gasteiger partial charge < -0.3 is 9.64 Å². The number of terminal acetylenes is 1. The number of ether oxygens (including phenoxy) is 1. The lowest BCUT2D eigenvalue weighted by Crippen LogP contribution is -2.45. The molecule has 0 aromatic rings. The Morgan fingerprint density at radius 3 is 2.82 bits per heavy atom. The van der Waals surface area contributed by atoms with E-state index >= 15 is 0 Å². The van der Waals surface area contributed by atoms with E-state index in [0.29, 0.717) is 12.0 Å². The Kier molecular flexibility index (Phi) is 2.78. The third kappa shape index (κ3) is 1.87. The second kappa shape index (κ2) is 3.64. The lowest BCUT2D eigenvalue weighted by Gasteiger charge is -2.35. The van der Waals surface area contributed by atoms with E-state index in [4.69, 9.17) is 11.2 Å². The van der Waals surface area contributed by atoms with Gasteiger partial charge in [-0.15, -0.1) is 0 Å². The Labute approximate surface area is 68.5 Å². The standard InChI is InChI=1S/C9H15NO/c1-4-10-5-6-11-7-9(10)8(2)3/h1,8-9H,5-7H2,2-3H3. The zero-order valence-electron chi connectivity index (χ0n) is 7.21. The molecular formula is C9H15NO. The summed E-state index contributed by atoms with van der Waals surface area (Å²) < 4.78 is 5.34. The molecule has 1 aliphatic heterocycles. The number of hydrogen-bond donors (Lipinski definition) is 0. The molecule has 1 atom stereocenters. The largest absolute Gasteiger partial charge is 0.377 e. The van der Waals surface area contributed by atoms with E-state index in [9.17, 15) is 0 Å². The minimum atomic E-state index is 0.411. The van der Waals surface area contributed by atoms with Crippen LogP contribution in [0.25, 0.3) is 0 Å². The summed E-state index contributed by atoms with van der Waals surface area (Å²) in [6, 6.07) is 3.10. The lowest BCUT2D eigenvalue weighted by molar-refractivity contribution is 0.00450. The maximum absolute atomic E-state index is 5.35. The van der Waals surface area contributed by atoms with Gasteiger partial charge in [0.1, 0.15) is 0 Å². The van der Waals surface area contributed by atoms with E-state index in [0.717, 1.165) is 19.8 Å². The van der Waals surface area contributed by atoms with Crippen LogP contribution < -0.4 is 0 Å². The third-order valence-electron chi connectivity index (χ3n) is 2.10. The average molecular weight is 153 g/mol. The van der Waals surface area contributed by atoms with Crippen molar-refractivity contribution < 1.29 is 4.74 Å². The van der Waals surface area contributed by atoms with E-state index < -0.39 is 0 Å². The van der Waals surface area contributed by atoms with E-state index in [2.05, 4.69) is 19.9 Å². The van der Waals surface area contributed by atoms with Crippen LogP contribution in [0, 0.1) is 18.4 Å². The van der Waals surface area contributed by atoms with Gasteiger partial charge in [-0.05, 0) is 5.92 Å². The number of morpholine rings is 1. The first-order valence-corrected chi connectivity index (χ1v) is 4.06. The summed E-state index contributed by atoms with van der Waals surface area (Å²) in [6.07, 6.45) is 5.35. The molecule has 0 aliphatic carbocycles. The van der Waals surface area contributed by atoms with Crippen LogP contribution in [-0.2, 0) is 4.74 Å². The van der Waals surface area contributed by atoms with Gasteiger partial charge in [0.2, 0.25) is 0 Å². The van der Waals surface area contributed by atoms with Gasteiger partial charge in [-0.25, -0.2) is 0 Å². The van der Waals surface area contributed by atoms with Gasteiger partial charge in [0.15, 0.2) is 0 Å². The van der Waals surface area contributed by atoms with Gasteiger partial charge in [0.05, 0.1) is 19.3 Å². The molecule has 0 radical (unpaired) electrons. The van der Waals surface area contributed by atoms with E-state index in [1.165, 1.54) is 0 Å². The maximum atomic E-state index is 5.35. The van der Waals surface area contributed by atoms with Crippen LogP contribution in [0.15, 0.2) is 0 Å². The number of hydrogen-bond acceptors (Lipinski definition) is 2. The Hall–Kier alpha value is -0.680. The fraction of sp³-hybridized carbons (Fsp3) is 0.778. The molecule has 0 N–H and O–H groups in total. The zero-order valence-corrected chi connectivity index (χ0v) is 7.21. The van der Waals surface area contributed by atoms with Gasteiger partial charge in [0, 0.05) is 12.6 Å². The maximum Gasteiger partial charge on any atom is 0.0680 e. The highest BCUT2D eigenvalue weighted by molar-refractivity contribution is 4.92. The van der Waals surface area contributed by atoms with Gasteiger partial charge in [-0.2, -0.15) is 0 Å². The van der Waals surface area contributed by atoms with Crippen molar-refractivity contribution in [2.45, 2.75) is 19.9 Å². The Morgan fingerprint density at radius 2 is 2.36 bits per heavy atom. The summed E-state index contributed by atoms with van der Waals surface area (Å²) >= 11 is 0. The summed E-state index contributed by atoms with van der Waals surface area (Å²) in [5.74, 6) is 0.575. The first-order chi connectivity index (χ1) is 5.25. The van der Waals surface area contributed by atoms with Crippen molar-refractivity contribution in [1.82, 2.24) is 4.90 Å². The number of nitrogens with zero attached hydrogens (tertiary/aromatic N) is 1. The van der Waals surface area contributed by atoms with Crippen molar-refractivity contribution in [1.29, 1.82) is 0 Å². The predicted octanol–water partition coefficient (Wildman–Crippen LogP) is 0.934. The predicted molar refractivity (Wildman–Crippen MR) is 45.0 cm³/mol. The monoisotopic (exact) mass is 153 g/mol. The molecule has 1 saturated heterocycles. The molecule has 1 rings (SSSR count). The van der Waals surface area contributed by atoms with Crippen molar-refractivity contribution >= 4 is 0 Å². The molecule has 0 aromatic carbocycles. The van der Waals surface area contributed by atoms with Gasteiger partial charge in [0.25, 0.3) is 0 Å². The van der Waals surface area contributed by atoms with Gasteiger partial charge in [-0.3, -0.25) is 0 Å². The molecule has 0 saturated carbocycles. The first-order valence-electron chi connectivity index (χ1n) is 4.06. The van der Waals surface area contributed by atoms with Crippen LogP contribution in [0.1, 0.15) is 13.8 Å². The average Bonchev–Trinajstić information content (AvgIpc) is 2.04. The Balaban J connectivity index is 2.53. The van der Waals surface area contributed by atoms with Crippen molar-refractivity contribution in [2.75, 3.05) is 19.8 Å². The van der Waals surface area contributed by atoms with Crippen molar-refractivity contribution in [2.24, 2.45) is 5.92 Å². The fourth-order valence-electron chi connectivity index (χ4n) is 1.34. The summed E-state index contributed by atoms with van der Waals surface area (Å²) in [6.45, 7) is 6.77. The first kappa shape index (κ1) is 8.42.